The number of hydrogen-bond donors (Lipinski definition) is 8. The van der Waals surface area contributed by atoms with E-state index in [0.717, 1.165) is 10.9 Å². The molecule has 6 atom stereocenters. The molecule has 1 aliphatic heterocycles. The molecule has 4 rings (SSSR count). The average Bonchev–Trinajstić information content (AvgIpc) is 3.58. The van der Waals surface area contributed by atoms with Crippen LogP contribution in [0.4, 0.5) is 19.0 Å². The highest BCUT2D eigenvalue weighted by molar-refractivity contribution is 7.99. The fourth-order valence-corrected chi connectivity index (χ4v) is 9.90. The van der Waals surface area contributed by atoms with Gasteiger partial charge in [0.25, 0.3) is 10.1 Å². The van der Waals surface area contributed by atoms with Gasteiger partial charge in [0, 0.05) is 18.1 Å². The number of anilines is 1. The molecule has 0 spiro atoms. The van der Waals surface area contributed by atoms with Gasteiger partial charge in [-0.15, -0.1) is 0 Å². The summed E-state index contributed by atoms with van der Waals surface area (Å²) in [7, 11) is -21.4. The van der Waals surface area contributed by atoms with E-state index in [1.54, 1.807) is 18.2 Å². The zero-order valence-electron chi connectivity index (χ0n) is 27.0. The molecule has 306 valence electrons. The second-order valence-corrected chi connectivity index (χ2v) is 22.1. The monoisotopic (exact) mass is 933 g/mol. The number of benzene rings is 1. The summed E-state index contributed by atoms with van der Waals surface area (Å²) < 4.78 is 114. The predicted molar refractivity (Wildman–Crippen MR) is 189 cm³/mol. The summed E-state index contributed by atoms with van der Waals surface area (Å²) in [6.07, 6.45) is -9.29. The van der Waals surface area contributed by atoms with Gasteiger partial charge in [0.05, 0.1) is 24.3 Å². The molecule has 20 nitrogen and oxygen atoms in total. The van der Waals surface area contributed by atoms with E-state index >= 15 is 0 Å². The molecule has 31 heteroatoms. The number of phosphoric ester groups is 1. The van der Waals surface area contributed by atoms with Crippen molar-refractivity contribution in [2.45, 2.75) is 51.0 Å². The zero-order chi connectivity index (χ0) is 40.9. The molecular formula is C23H31Cl2F3N5O15P3S3. The Morgan fingerprint density at radius 1 is 1.04 bits per heavy atom. The molecule has 1 aliphatic rings. The number of ether oxygens (including phenoxy) is 1. The lowest BCUT2D eigenvalue weighted by molar-refractivity contribution is -0.129. The lowest BCUT2D eigenvalue weighted by Crippen LogP contribution is -2.33. The summed E-state index contributed by atoms with van der Waals surface area (Å²) >= 11 is 12.6. The Morgan fingerprint density at radius 2 is 1.67 bits per heavy atom. The molecule has 54 heavy (non-hydrogen) atoms. The van der Waals surface area contributed by atoms with Gasteiger partial charge >= 0.3 is 33.0 Å². The molecule has 1 fully saturated rings. The fraction of sp³-hybridized carbons (Fsp3) is 0.522. The SMILES string of the molecule is CSCCNc1nc(SCCC(F)(F)F)nc2c1ncn2[C@@H]1O[C@H](COP(=O)(O)OP(=O)(O)C(Cl)(Cl)P(=O)(O)O)[C@@H](O)[C@H]1O.O=S(=O)(O)c1ccccc1. The van der Waals surface area contributed by atoms with E-state index in [2.05, 4.69) is 29.1 Å². The van der Waals surface area contributed by atoms with Gasteiger partial charge in [0.15, 0.2) is 28.4 Å². The smallest absolute Gasteiger partial charge is 0.387 e. The van der Waals surface area contributed by atoms with Crippen molar-refractivity contribution < 1.29 is 83.2 Å². The van der Waals surface area contributed by atoms with Crippen LogP contribution in [0.5, 0.6) is 0 Å². The molecule has 1 aromatic carbocycles. The standard InChI is InChI=1S/C17H25Cl2F3N5O12P3S2.C6H6O3S/c1-43-5-3-23-12-9-13(26-15(25-12)44-4-2-16(20,21)22)27(7-24-9)14-11(29)10(28)8(38-14)6-37-42(35,36)39-41(33,34)17(18,19)40(30,31)32;7-10(8,9)6-4-2-1-3-5-6/h7-8,10-11,14,28-29H,2-6H2,1H3,(H,33,34)(H,35,36)(H,23,25,26)(H2,30,31,32);1-5H,(H,7,8,9)/t8-,10-,11-,14-;/m1./s1. The van der Waals surface area contributed by atoms with E-state index in [1.165, 1.54) is 23.9 Å². The minimum atomic E-state index is -5.97. The Labute approximate surface area is 322 Å². The highest BCUT2D eigenvalue weighted by Crippen LogP contribution is 2.79. The highest BCUT2D eigenvalue weighted by atomic mass is 35.5. The maximum absolute atomic E-state index is 12.7. The summed E-state index contributed by atoms with van der Waals surface area (Å²) in [6, 6.07) is 7.42. The first-order chi connectivity index (χ1) is 24.7. The Bertz CT molecular complexity index is 2000. The molecule has 8 N–H and O–H groups in total. The van der Waals surface area contributed by atoms with Crippen molar-refractivity contribution in [3.63, 3.8) is 0 Å². The average molecular weight is 935 g/mol. The summed E-state index contributed by atoms with van der Waals surface area (Å²) in [5.74, 6) is 0.407. The lowest BCUT2D eigenvalue weighted by atomic mass is 10.1. The van der Waals surface area contributed by atoms with E-state index in [9.17, 15) is 55.3 Å². The van der Waals surface area contributed by atoms with Crippen LogP contribution in [-0.2, 0) is 37.4 Å². The number of rotatable bonds is 16. The van der Waals surface area contributed by atoms with E-state index in [1.807, 2.05) is 6.26 Å². The first-order valence-electron chi connectivity index (χ1n) is 14.4. The van der Waals surface area contributed by atoms with Crippen molar-refractivity contribution in [1.82, 2.24) is 19.5 Å². The molecule has 2 unspecified atom stereocenters. The zero-order valence-corrected chi connectivity index (χ0v) is 33.6. The van der Waals surface area contributed by atoms with Crippen LogP contribution >= 0.6 is 69.7 Å². The minimum Gasteiger partial charge on any atom is -0.387 e. The molecule has 3 aromatic rings. The van der Waals surface area contributed by atoms with Crippen LogP contribution in [0.2, 0.25) is 0 Å². The van der Waals surface area contributed by atoms with Crippen LogP contribution in [0.1, 0.15) is 12.6 Å². The first-order valence-corrected chi connectivity index (χ1v) is 23.6. The third-order valence-electron chi connectivity index (χ3n) is 6.57. The number of halogens is 5. The Balaban J connectivity index is 0.000000676. The van der Waals surface area contributed by atoms with Gasteiger partial charge in [0.1, 0.15) is 18.3 Å². The van der Waals surface area contributed by atoms with Crippen LogP contribution in [-0.4, -0.2) is 121 Å². The van der Waals surface area contributed by atoms with Crippen molar-refractivity contribution in [2.75, 3.05) is 36.2 Å². The van der Waals surface area contributed by atoms with Gasteiger partial charge in [0.2, 0.25) is 0 Å². The third kappa shape index (κ3) is 12.7. The summed E-state index contributed by atoms with van der Waals surface area (Å²) in [4.78, 5) is 50.3. The van der Waals surface area contributed by atoms with Gasteiger partial charge in [-0.25, -0.2) is 23.8 Å². The van der Waals surface area contributed by atoms with Crippen molar-refractivity contribution in [1.29, 1.82) is 0 Å². The fourth-order valence-electron chi connectivity index (χ4n) is 4.03. The van der Waals surface area contributed by atoms with Gasteiger partial charge in [-0.2, -0.15) is 33.4 Å². The quantitative estimate of drug-likeness (QED) is 0.0253. The molecule has 0 radical (unpaired) electrons. The lowest BCUT2D eigenvalue weighted by Gasteiger charge is -2.26. The van der Waals surface area contributed by atoms with Crippen LogP contribution in [0.25, 0.3) is 11.2 Å². The number of nitrogens with one attached hydrogen (secondary N) is 1. The van der Waals surface area contributed by atoms with Crippen molar-refractivity contribution in [3.8, 4) is 0 Å². The Hall–Kier alpha value is -1.12. The maximum atomic E-state index is 12.7. The van der Waals surface area contributed by atoms with Crippen LogP contribution < -0.4 is 5.32 Å². The summed E-state index contributed by atoms with van der Waals surface area (Å²) in [6.45, 7) is -0.697. The number of aliphatic hydroxyl groups is 2. The molecular weight excluding hydrogens is 903 g/mol. The van der Waals surface area contributed by atoms with Crippen molar-refractivity contribution in [3.05, 3.63) is 36.7 Å². The Morgan fingerprint density at radius 3 is 2.20 bits per heavy atom. The molecule has 0 bridgehead atoms. The molecule has 0 aliphatic carbocycles. The molecule has 1 saturated heterocycles. The first kappa shape index (κ1) is 47.3. The van der Waals surface area contributed by atoms with Crippen molar-refractivity contribution >= 4 is 96.8 Å². The number of hydrogen-bond acceptors (Lipinski definition) is 16. The molecule has 3 heterocycles. The molecule has 0 saturated carbocycles. The maximum Gasteiger partial charge on any atom is 0.479 e. The summed E-state index contributed by atoms with van der Waals surface area (Å²) in [5.41, 5.74) is 0.119. The van der Waals surface area contributed by atoms with Crippen LogP contribution in [0.3, 0.4) is 0 Å². The van der Waals surface area contributed by atoms with Crippen LogP contribution in [0.15, 0.2) is 46.7 Å². The number of aliphatic hydroxyl groups excluding tert-OH is 2. The van der Waals surface area contributed by atoms with Gasteiger partial charge in [-0.3, -0.25) is 22.8 Å². The second-order valence-electron chi connectivity index (χ2n) is 10.6. The normalized spacial score (nSPS) is 21.9. The number of phosphoric acid groups is 1. The molecule has 0 amide bonds. The van der Waals surface area contributed by atoms with Gasteiger partial charge in [-0.05, 0) is 18.4 Å². The number of alkyl halides is 5. The molecule has 2 aromatic heterocycles. The van der Waals surface area contributed by atoms with E-state index in [4.69, 9.17) is 42.3 Å². The third-order valence-corrected chi connectivity index (χ3v) is 16.6. The van der Waals surface area contributed by atoms with E-state index in [0.29, 0.717) is 24.1 Å². The van der Waals surface area contributed by atoms with Crippen LogP contribution in [0, 0.1) is 0 Å². The van der Waals surface area contributed by atoms with E-state index in [-0.39, 0.29) is 27.0 Å². The second kappa shape index (κ2) is 18.6. The predicted octanol–water partition coefficient (Wildman–Crippen LogP) is 3.78. The van der Waals surface area contributed by atoms with Gasteiger partial charge in [-0.1, -0.05) is 53.2 Å². The topological polar surface area (TPSA) is 310 Å². The number of imidazole rings is 1. The number of thioether (sulfide) groups is 2. The minimum absolute atomic E-state index is 0.0191. The van der Waals surface area contributed by atoms with E-state index < -0.39 is 86.4 Å². The number of aromatic nitrogens is 4. The largest absolute Gasteiger partial charge is 0.479 e. The van der Waals surface area contributed by atoms with Crippen molar-refractivity contribution in [2.24, 2.45) is 0 Å². The van der Waals surface area contributed by atoms with Gasteiger partial charge < -0.3 is 39.8 Å². The number of fused-ring (bicyclic) bond motifs is 1. The number of nitrogens with zero attached hydrogens (tertiary/aromatic N) is 4. The highest BCUT2D eigenvalue weighted by Gasteiger charge is 2.62. The summed E-state index contributed by atoms with van der Waals surface area (Å²) in [5, 5.41) is 24.1. The Kier molecular flexibility index (Phi) is 16.3.